The van der Waals surface area contributed by atoms with E-state index in [2.05, 4.69) is 5.32 Å². The number of carboxylic acid groups (broad SMARTS) is 1. The molecule has 0 radical (unpaired) electrons. The van der Waals surface area contributed by atoms with Crippen molar-refractivity contribution in [1.29, 1.82) is 0 Å². The SMILES string of the molecule is O=C(O)CC(O)CCC(NC(=O)Cc1cccs1)B(O)O. The van der Waals surface area contributed by atoms with Crippen molar-refractivity contribution < 1.29 is 29.9 Å². The predicted octanol–water partition coefficient (Wildman–Crippen LogP) is -0.597. The summed E-state index contributed by atoms with van der Waals surface area (Å²) in [4.78, 5) is 23.0. The van der Waals surface area contributed by atoms with Gasteiger partial charge in [0.2, 0.25) is 5.91 Å². The Hall–Kier alpha value is -1.42. The van der Waals surface area contributed by atoms with Gasteiger partial charge in [0.05, 0.1) is 24.9 Å². The van der Waals surface area contributed by atoms with E-state index in [1.54, 1.807) is 6.07 Å². The number of amides is 1. The highest BCUT2D eigenvalue weighted by Gasteiger charge is 2.26. The van der Waals surface area contributed by atoms with Crippen LogP contribution in [0.25, 0.3) is 0 Å². The molecule has 1 aromatic rings. The molecular formula is C12H18BNO6S. The minimum absolute atomic E-state index is 0.0495. The number of thiophene rings is 1. The van der Waals surface area contributed by atoms with Gasteiger partial charge in [-0.05, 0) is 24.3 Å². The Kier molecular flexibility index (Phi) is 7.37. The summed E-state index contributed by atoms with van der Waals surface area (Å²) < 4.78 is 0. The van der Waals surface area contributed by atoms with Gasteiger partial charge in [0.15, 0.2) is 0 Å². The molecule has 1 aromatic heterocycles. The van der Waals surface area contributed by atoms with Gasteiger partial charge < -0.3 is 25.6 Å². The molecule has 0 saturated heterocycles. The van der Waals surface area contributed by atoms with E-state index in [-0.39, 0.29) is 25.2 Å². The largest absolute Gasteiger partial charge is 0.481 e. The van der Waals surface area contributed by atoms with E-state index in [1.807, 2.05) is 11.4 Å². The zero-order valence-corrected chi connectivity index (χ0v) is 12.1. The fourth-order valence-corrected chi connectivity index (χ4v) is 2.50. The van der Waals surface area contributed by atoms with Gasteiger partial charge in [-0.25, -0.2) is 0 Å². The number of carbonyl (C=O) groups is 2. The molecule has 0 aromatic carbocycles. The number of aliphatic hydroxyl groups excluding tert-OH is 1. The van der Waals surface area contributed by atoms with Crippen LogP contribution in [0.5, 0.6) is 0 Å². The van der Waals surface area contributed by atoms with Gasteiger partial charge in [-0.15, -0.1) is 11.3 Å². The van der Waals surface area contributed by atoms with Gasteiger partial charge >= 0.3 is 13.1 Å². The predicted molar refractivity (Wildman–Crippen MR) is 77.6 cm³/mol. The molecule has 1 rings (SSSR count). The maximum Gasteiger partial charge on any atom is 0.475 e. The number of hydrogen-bond acceptors (Lipinski definition) is 6. The third kappa shape index (κ3) is 7.23. The van der Waals surface area contributed by atoms with Crippen molar-refractivity contribution in [2.45, 2.75) is 37.7 Å². The van der Waals surface area contributed by atoms with Crippen LogP contribution in [0.15, 0.2) is 17.5 Å². The highest BCUT2D eigenvalue weighted by molar-refractivity contribution is 7.10. The second-order valence-corrected chi connectivity index (χ2v) is 5.71. The lowest BCUT2D eigenvalue weighted by molar-refractivity contribution is -0.139. The second kappa shape index (κ2) is 8.78. The summed E-state index contributed by atoms with van der Waals surface area (Å²) >= 11 is 1.42. The highest BCUT2D eigenvalue weighted by atomic mass is 32.1. The molecule has 116 valence electrons. The van der Waals surface area contributed by atoms with Crippen LogP contribution < -0.4 is 5.32 Å². The number of hydrogen-bond donors (Lipinski definition) is 5. The van der Waals surface area contributed by atoms with E-state index in [0.717, 1.165) is 4.88 Å². The van der Waals surface area contributed by atoms with Crippen molar-refractivity contribution in [3.05, 3.63) is 22.4 Å². The first-order valence-electron chi connectivity index (χ1n) is 6.46. The van der Waals surface area contributed by atoms with Crippen molar-refractivity contribution in [2.24, 2.45) is 0 Å². The van der Waals surface area contributed by atoms with Crippen molar-refractivity contribution in [1.82, 2.24) is 5.32 Å². The quantitative estimate of drug-likeness (QED) is 0.387. The molecule has 1 amide bonds. The van der Waals surface area contributed by atoms with Crippen molar-refractivity contribution in [3.63, 3.8) is 0 Å². The van der Waals surface area contributed by atoms with Crippen molar-refractivity contribution in [2.75, 3.05) is 0 Å². The first-order chi connectivity index (χ1) is 9.88. The number of carbonyl (C=O) groups excluding carboxylic acids is 1. The van der Waals surface area contributed by atoms with Crippen LogP contribution in [0.2, 0.25) is 0 Å². The van der Waals surface area contributed by atoms with E-state index in [4.69, 9.17) is 5.11 Å². The molecule has 1 heterocycles. The molecular weight excluding hydrogens is 297 g/mol. The number of carboxylic acids is 1. The lowest BCUT2D eigenvalue weighted by atomic mass is 9.76. The summed E-state index contributed by atoms with van der Waals surface area (Å²) in [6.07, 6.45) is -1.25. The fraction of sp³-hybridized carbons (Fsp3) is 0.500. The average molecular weight is 315 g/mol. The smallest absolute Gasteiger partial charge is 0.475 e. The number of rotatable bonds is 9. The van der Waals surface area contributed by atoms with E-state index >= 15 is 0 Å². The van der Waals surface area contributed by atoms with Crippen molar-refractivity contribution >= 4 is 30.3 Å². The molecule has 7 nitrogen and oxygen atoms in total. The number of aliphatic hydroxyl groups is 1. The van der Waals surface area contributed by atoms with Crippen LogP contribution in [-0.2, 0) is 16.0 Å². The first-order valence-corrected chi connectivity index (χ1v) is 7.34. The monoisotopic (exact) mass is 315 g/mol. The third-order valence-corrected chi connectivity index (χ3v) is 3.72. The summed E-state index contributed by atoms with van der Waals surface area (Å²) in [6.45, 7) is 0. The lowest BCUT2D eigenvalue weighted by Gasteiger charge is -2.19. The Balaban J connectivity index is 2.42. The lowest BCUT2D eigenvalue weighted by Crippen LogP contribution is -2.47. The standard InChI is InChI=1S/C12H18BNO6S/c15-8(6-12(17)18)3-4-10(13(19)20)14-11(16)7-9-2-1-5-21-9/h1-2,5,8,10,15,19-20H,3-4,6-7H2,(H,14,16)(H,17,18). The Labute approximate surface area is 126 Å². The molecule has 0 bridgehead atoms. The van der Waals surface area contributed by atoms with Gasteiger partial charge in [-0.3, -0.25) is 9.59 Å². The Bertz CT molecular complexity index is 453. The minimum atomic E-state index is -1.77. The van der Waals surface area contributed by atoms with Gasteiger partial charge in [-0.2, -0.15) is 0 Å². The molecule has 2 atom stereocenters. The van der Waals surface area contributed by atoms with E-state index in [0.29, 0.717) is 0 Å². The summed E-state index contributed by atoms with van der Waals surface area (Å²) in [6, 6.07) is 3.61. The normalized spacial score (nSPS) is 13.5. The van der Waals surface area contributed by atoms with Crippen molar-refractivity contribution in [3.8, 4) is 0 Å². The topological polar surface area (TPSA) is 127 Å². The van der Waals surface area contributed by atoms with Crippen LogP contribution in [0.1, 0.15) is 24.1 Å². The Morgan fingerprint density at radius 2 is 2.05 bits per heavy atom. The molecule has 21 heavy (non-hydrogen) atoms. The van der Waals surface area contributed by atoms with Crippen LogP contribution >= 0.6 is 11.3 Å². The molecule has 0 saturated carbocycles. The molecule has 0 fully saturated rings. The number of aliphatic carboxylic acids is 1. The molecule has 9 heteroatoms. The van der Waals surface area contributed by atoms with Gasteiger partial charge in [-0.1, -0.05) is 6.07 Å². The highest BCUT2D eigenvalue weighted by Crippen LogP contribution is 2.10. The summed E-state index contributed by atoms with van der Waals surface area (Å²) in [7, 11) is -1.77. The zero-order chi connectivity index (χ0) is 15.8. The van der Waals surface area contributed by atoms with Gasteiger partial charge in [0, 0.05) is 4.88 Å². The summed E-state index contributed by atoms with van der Waals surface area (Å²) in [5.74, 6) is -2.44. The van der Waals surface area contributed by atoms with Crippen LogP contribution in [-0.4, -0.2) is 51.3 Å². The van der Waals surface area contributed by atoms with E-state index < -0.39 is 31.6 Å². The fourth-order valence-electron chi connectivity index (χ4n) is 1.80. The third-order valence-electron chi connectivity index (χ3n) is 2.84. The number of nitrogens with one attached hydrogen (secondary N) is 1. The molecule has 0 spiro atoms. The van der Waals surface area contributed by atoms with Crippen LogP contribution in [0.3, 0.4) is 0 Å². The van der Waals surface area contributed by atoms with Crippen LogP contribution in [0.4, 0.5) is 0 Å². The molecule has 0 aliphatic heterocycles. The van der Waals surface area contributed by atoms with Gasteiger partial charge in [0.25, 0.3) is 0 Å². The Morgan fingerprint density at radius 3 is 2.57 bits per heavy atom. The molecule has 5 N–H and O–H groups in total. The maximum absolute atomic E-state index is 11.8. The zero-order valence-electron chi connectivity index (χ0n) is 11.3. The first kappa shape index (κ1) is 17.6. The van der Waals surface area contributed by atoms with Crippen LogP contribution in [0, 0.1) is 0 Å². The Morgan fingerprint density at radius 1 is 1.33 bits per heavy atom. The van der Waals surface area contributed by atoms with Gasteiger partial charge in [0.1, 0.15) is 0 Å². The molecule has 0 aliphatic rings. The average Bonchev–Trinajstić information content (AvgIpc) is 2.85. The van der Waals surface area contributed by atoms with E-state index in [9.17, 15) is 24.7 Å². The second-order valence-electron chi connectivity index (χ2n) is 4.67. The summed E-state index contributed by atoms with van der Waals surface area (Å²) in [5, 5.41) is 40.7. The summed E-state index contributed by atoms with van der Waals surface area (Å²) in [5.41, 5.74) is 0. The maximum atomic E-state index is 11.8. The molecule has 0 aliphatic carbocycles. The van der Waals surface area contributed by atoms with E-state index in [1.165, 1.54) is 11.3 Å². The molecule has 2 unspecified atom stereocenters. The minimum Gasteiger partial charge on any atom is -0.481 e.